The Morgan fingerprint density at radius 2 is 1.44 bits per heavy atom. The molecule has 3 N–H and O–H groups in total. The van der Waals surface area contributed by atoms with Crippen LogP contribution in [-0.2, 0) is 35.1 Å². The number of benzene rings is 1. The number of carbonyl (C=O) groups excluding carboxylic acids is 3. The Balaban J connectivity index is 3.01. The number of hydrogen-bond acceptors (Lipinski definition) is 8. The molecule has 50 heavy (non-hydrogen) atoms. The van der Waals surface area contributed by atoms with Gasteiger partial charge in [-0.2, -0.15) is 0 Å². The second kappa shape index (κ2) is 24.8. The molecule has 10 heteroatoms. The minimum absolute atomic E-state index is 0.0168. The van der Waals surface area contributed by atoms with E-state index < -0.39 is 41.0 Å². The van der Waals surface area contributed by atoms with Crippen molar-refractivity contribution < 1.29 is 43.6 Å². The molecule has 0 saturated heterocycles. The highest BCUT2D eigenvalue weighted by molar-refractivity contribution is 5.93. The summed E-state index contributed by atoms with van der Waals surface area (Å²) < 4.78 is 16.4. The summed E-state index contributed by atoms with van der Waals surface area (Å²) in [5.41, 5.74) is -2.60. The van der Waals surface area contributed by atoms with Crippen LogP contribution in [0.25, 0.3) is 0 Å². The van der Waals surface area contributed by atoms with Crippen LogP contribution in [0.5, 0.6) is 5.75 Å². The van der Waals surface area contributed by atoms with Gasteiger partial charge in [0.05, 0.1) is 12.5 Å². The third kappa shape index (κ3) is 18.7. The number of esters is 1. The Morgan fingerprint density at radius 1 is 0.840 bits per heavy atom. The fourth-order valence-corrected chi connectivity index (χ4v) is 5.45. The number of rotatable bonds is 28. The zero-order valence-electron chi connectivity index (χ0n) is 31.6. The highest BCUT2D eigenvalue weighted by atomic mass is 16.6. The molecule has 0 aromatic heterocycles. The molecule has 0 fully saturated rings. The van der Waals surface area contributed by atoms with Crippen molar-refractivity contribution >= 4 is 23.6 Å². The number of amides is 1. The molecule has 0 aliphatic heterocycles. The molecular weight excluding hydrogens is 638 g/mol. The number of carboxylic acid groups (broad SMARTS) is 1. The van der Waals surface area contributed by atoms with Crippen molar-refractivity contribution in [3.63, 3.8) is 0 Å². The third-order valence-electron chi connectivity index (χ3n) is 8.45. The lowest BCUT2D eigenvalue weighted by atomic mass is 9.82. The number of aliphatic carboxylic acids is 1. The van der Waals surface area contributed by atoms with Crippen molar-refractivity contribution in [2.45, 2.75) is 155 Å². The number of allylic oxidation sites excluding steroid dienone is 1. The van der Waals surface area contributed by atoms with Crippen molar-refractivity contribution in [3.8, 4) is 5.75 Å². The maximum atomic E-state index is 13.8. The topological polar surface area (TPSA) is 148 Å². The first-order valence-corrected chi connectivity index (χ1v) is 18.6. The number of unbranched alkanes of at least 4 members (excludes halogenated alkanes) is 9. The van der Waals surface area contributed by atoms with E-state index in [1.807, 2.05) is 0 Å². The summed E-state index contributed by atoms with van der Waals surface area (Å²) >= 11 is 0. The van der Waals surface area contributed by atoms with Gasteiger partial charge in [0.2, 0.25) is 5.91 Å². The maximum absolute atomic E-state index is 13.8. The monoisotopic (exact) mass is 703 g/mol. The van der Waals surface area contributed by atoms with Crippen LogP contribution in [0, 0.1) is 5.92 Å². The van der Waals surface area contributed by atoms with Gasteiger partial charge in [0.1, 0.15) is 23.2 Å². The Hall–Kier alpha value is -3.24. The average Bonchev–Trinajstić information content (AvgIpc) is 3.06. The van der Waals surface area contributed by atoms with E-state index in [1.54, 1.807) is 51.1 Å². The molecule has 1 aromatic rings. The standard InChI is InChI=1S/C40H65NO9/c1-7-9-11-14-17-20-32(42)21-18-15-12-13-16-19-22-34(40(47,27-29-48-6)38(46)50-39(3,4)5)36(43)41-35(37(44)45)30-31-23-25-33(26-24-31)49-28-10-8-2/h19,22-26,34-35,47H,7-18,20-21,27-30H2,1-6H3,(H,41,43)(H,44,45)/b22-19+/t34-,35+,40+/m1/s1. The van der Waals surface area contributed by atoms with Crippen molar-refractivity contribution in [1.82, 2.24) is 5.32 Å². The smallest absolute Gasteiger partial charge is 0.339 e. The number of Topliss-reactive ketones (excluding diaryl/α,β-unsaturated/α-hetero) is 1. The van der Waals surface area contributed by atoms with Crippen LogP contribution in [0.1, 0.15) is 136 Å². The number of ether oxygens (including phenoxy) is 3. The van der Waals surface area contributed by atoms with Gasteiger partial charge in [-0.05, 0) is 70.6 Å². The largest absolute Gasteiger partial charge is 0.494 e. The normalized spacial score (nSPS) is 14.1. The number of carbonyl (C=O) groups is 4. The lowest BCUT2D eigenvalue weighted by Gasteiger charge is -2.34. The molecule has 0 radical (unpaired) electrons. The highest BCUT2D eigenvalue weighted by Crippen LogP contribution is 2.29. The van der Waals surface area contributed by atoms with Gasteiger partial charge in [-0.3, -0.25) is 9.59 Å². The Labute approximate surface area is 300 Å². The SMILES string of the molecule is CCCCCCCC(=O)CCCCCC/C=C/[C@H](C(=O)N[C@@H](Cc1ccc(OCCCC)cc1)C(=O)O)[C@@](O)(CCOC)C(=O)OC(C)(C)C. The van der Waals surface area contributed by atoms with E-state index >= 15 is 0 Å². The molecule has 0 spiro atoms. The van der Waals surface area contributed by atoms with E-state index in [0.29, 0.717) is 43.0 Å². The molecule has 0 saturated carbocycles. The quantitative estimate of drug-likeness (QED) is 0.0458. The van der Waals surface area contributed by atoms with Gasteiger partial charge < -0.3 is 29.7 Å². The van der Waals surface area contributed by atoms with Crippen molar-refractivity contribution in [2.75, 3.05) is 20.3 Å². The molecule has 1 rings (SSSR count). The summed E-state index contributed by atoms with van der Waals surface area (Å²) in [6.45, 7) is 9.77. The Kier molecular flexibility index (Phi) is 22.2. The molecule has 3 atom stereocenters. The number of methoxy groups -OCH3 is 1. The predicted molar refractivity (Wildman–Crippen MR) is 196 cm³/mol. The number of carboxylic acids is 1. The molecule has 0 heterocycles. The van der Waals surface area contributed by atoms with Crippen molar-refractivity contribution in [1.29, 1.82) is 0 Å². The van der Waals surface area contributed by atoms with Gasteiger partial charge in [0.25, 0.3) is 0 Å². The zero-order valence-corrected chi connectivity index (χ0v) is 31.6. The lowest BCUT2D eigenvalue weighted by molar-refractivity contribution is -0.185. The molecule has 284 valence electrons. The minimum Gasteiger partial charge on any atom is -0.494 e. The number of hydrogen-bond donors (Lipinski definition) is 3. The van der Waals surface area contributed by atoms with Crippen LogP contribution in [-0.4, -0.2) is 71.4 Å². The summed E-state index contributed by atoms with van der Waals surface area (Å²) in [5.74, 6) is -3.51. The summed E-state index contributed by atoms with van der Waals surface area (Å²) in [6, 6.07) is 5.70. The van der Waals surface area contributed by atoms with Crippen LogP contribution in [0.15, 0.2) is 36.4 Å². The lowest BCUT2D eigenvalue weighted by Crippen LogP contribution is -2.56. The molecule has 0 aliphatic carbocycles. The number of nitrogens with one attached hydrogen (secondary N) is 1. The van der Waals surface area contributed by atoms with E-state index in [1.165, 1.54) is 32.4 Å². The molecule has 0 bridgehead atoms. The van der Waals surface area contributed by atoms with Crippen LogP contribution in [0.3, 0.4) is 0 Å². The van der Waals surface area contributed by atoms with E-state index in [0.717, 1.165) is 51.4 Å². The second-order valence-electron chi connectivity index (χ2n) is 14.2. The van der Waals surface area contributed by atoms with E-state index in [-0.39, 0.29) is 19.4 Å². The van der Waals surface area contributed by atoms with E-state index in [2.05, 4.69) is 19.2 Å². The Bertz CT molecular complexity index is 1160. The molecule has 1 amide bonds. The van der Waals surface area contributed by atoms with Gasteiger partial charge in [-0.25, -0.2) is 9.59 Å². The molecule has 1 aromatic carbocycles. The van der Waals surface area contributed by atoms with E-state index in [9.17, 15) is 29.4 Å². The second-order valence-corrected chi connectivity index (χ2v) is 14.2. The summed E-state index contributed by atoms with van der Waals surface area (Å²) in [4.78, 5) is 51.8. The van der Waals surface area contributed by atoms with Gasteiger partial charge in [-0.15, -0.1) is 0 Å². The van der Waals surface area contributed by atoms with Crippen molar-refractivity contribution in [3.05, 3.63) is 42.0 Å². The highest BCUT2D eigenvalue weighted by Gasteiger charge is 2.49. The fraction of sp³-hybridized carbons (Fsp3) is 0.700. The van der Waals surface area contributed by atoms with Crippen molar-refractivity contribution in [2.24, 2.45) is 5.92 Å². The molecule has 0 unspecified atom stereocenters. The van der Waals surface area contributed by atoms with Crippen LogP contribution in [0.2, 0.25) is 0 Å². The van der Waals surface area contributed by atoms with Gasteiger partial charge in [0, 0.05) is 39.4 Å². The zero-order chi connectivity index (χ0) is 37.4. The maximum Gasteiger partial charge on any atom is 0.339 e. The summed E-state index contributed by atoms with van der Waals surface area (Å²) in [7, 11) is 1.42. The first-order chi connectivity index (χ1) is 23.8. The third-order valence-corrected chi connectivity index (χ3v) is 8.45. The van der Waals surface area contributed by atoms with Crippen LogP contribution < -0.4 is 10.1 Å². The van der Waals surface area contributed by atoms with E-state index in [4.69, 9.17) is 14.2 Å². The first-order valence-electron chi connectivity index (χ1n) is 18.6. The van der Waals surface area contributed by atoms with Gasteiger partial charge in [0.15, 0.2) is 5.60 Å². The first kappa shape index (κ1) is 44.8. The molecule has 10 nitrogen and oxygen atoms in total. The number of ketones is 1. The fourth-order valence-electron chi connectivity index (χ4n) is 5.45. The van der Waals surface area contributed by atoms with Gasteiger partial charge >= 0.3 is 11.9 Å². The average molecular weight is 704 g/mol. The van der Waals surface area contributed by atoms with Crippen LogP contribution in [0.4, 0.5) is 0 Å². The minimum atomic E-state index is -2.32. The Morgan fingerprint density at radius 3 is 2.00 bits per heavy atom. The number of aliphatic hydroxyl groups is 1. The summed E-state index contributed by atoms with van der Waals surface area (Å²) in [5, 5.41) is 24.4. The predicted octanol–water partition coefficient (Wildman–Crippen LogP) is 7.53. The van der Waals surface area contributed by atoms with Gasteiger partial charge in [-0.1, -0.05) is 83.1 Å². The molecule has 0 aliphatic rings. The summed E-state index contributed by atoms with van der Waals surface area (Å²) in [6.07, 6.45) is 15.8. The molecular formula is C40H65NO9. The van der Waals surface area contributed by atoms with Crippen LogP contribution >= 0.6 is 0 Å².